The summed E-state index contributed by atoms with van der Waals surface area (Å²) >= 11 is 0. The van der Waals surface area contributed by atoms with Crippen molar-refractivity contribution in [1.29, 1.82) is 0 Å². The molecule has 18 heavy (non-hydrogen) atoms. The van der Waals surface area contributed by atoms with E-state index in [0.717, 1.165) is 0 Å². The van der Waals surface area contributed by atoms with Crippen molar-refractivity contribution in [3.05, 3.63) is 33.9 Å². The minimum atomic E-state index is -0.435. The lowest BCUT2D eigenvalue weighted by atomic mass is 10.4. The molecule has 0 amide bonds. The van der Waals surface area contributed by atoms with Crippen LogP contribution in [0.15, 0.2) is 22.6 Å². The molecule has 0 aliphatic rings. The first-order valence-corrected chi connectivity index (χ1v) is 5.46. The summed E-state index contributed by atoms with van der Waals surface area (Å²) in [7, 11) is 0. The summed E-state index contributed by atoms with van der Waals surface area (Å²) in [6.45, 7) is 5.44. The minimum Gasteiger partial charge on any atom is -0.463 e. The van der Waals surface area contributed by atoms with Crippen LogP contribution in [0, 0.1) is 6.92 Å². The SMILES string of the molecule is CCOC(=O)/C=C(\C)NNc1nc(C)cc(=O)[nH]1. The van der Waals surface area contributed by atoms with Gasteiger partial charge in [-0.3, -0.25) is 15.2 Å². The van der Waals surface area contributed by atoms with E-state index >= 15 is 0 Å². The van der Waals surface area contributed by atoms with Crippen molar-refractivity contribution in [2.75, 3.05) is 12.0 Å². The number of esters is 1. The predicted octanol–water partition coefficient (Wildman–Crippen LogP) is 0.462. The topological polar surface area (TPSA) is 96.1 Å². The van der Waals surface area contributed by atoms with E-state index in [1.807, 2.05) is 0 Å². The number of anilines is 1. The van der Waals surface area contributed by atoms with Crippen LogP contribution >= 0.6 is 0 Å². The number of rotatable bonds is 5. The number of nitrogens with zero attached hydrogens (tertiary/aromatic N) is 1. The third-order valence-electron chi connectivity index (χ3n) is 1.87. The molecule has 0 aliphatic carbocycles. The highest BCUT2D eigenvalue weighted by molar-refractivity contribution is 5.82. The van der Waals surface area contributed by atoms with Gasteiger partial charge in [0.2, 0.25) is 5.95 Å². The smallest absolute Gasteiger partial charge is 0.332 e. The first-order chi connectivity index (χ1) is 8.51. The molecular formula is C11H16N4O3. The number of hydrogen-bond donors (Lipinski definition) is 3. The molecule has 98 valence electrons. The highest BCUT2D eigenvalue weighted by Crippen LogP contribution is 1.95. The van der Waals surface area contributed by atoms with Crippen LogP contribution in [0.3, 0.4) is 0 Å². The number of aryl methyl sites for hydroxylation is 1. The van der Waals surface area contributed by atoms with E-state index in [-0.39, 0.29) is 11.5 Å². The van der Waals surface area contributed by atoms with Gasteiger partial charge < -0.3 is 10.2 Å². The van der Waals surface area contributed by atoms with Crippen LogP contribution < -0.4 is 16.4 Å². The van der Waals surface area contributed by atoms with E-state index in [2.05, 4.69) is 20.8 Å². The van der Waals surface area contributed by atoms with Gasteiger partial charge in [-0.15, -0.1) is 0 Å². The van der Waals surface area contributed by atoms with E-state index in [9.17, 15) is 9.59 Å². The largest absolute Gasteiger partial charge is 0.463 e. The van der Waals surface area contributed by atoms with E-state index in [4.69, 9.17) is 4.74 Å². The number of H-pyrrole nitrogens is 1. The van der Waals surface area contributed by atoms with Crippen LogP contribution in [0.5, 0.6) is 0 Å². The summed E-state index contributed by atoms with van der Waals surface area (Å²) in [6, 6.07) is 1.38. The molecule has 0 aliphatic heterocycles. The zero-order valence-electron chi connectivity index (χ0n) is 10.5. The molecule has 0 saturated carbocycles. The van der Waals surface area contributed by atoms with Crippen LogP contribution in [0.1, 0.15) is 19.5 Å². The summed E-state index contributed by atoms with van der Waals surface area (Å²) < 4.78 is 4.75. The van der Waals surface area contributed by atoms with Crippen LogP contribution in [-0.2, 0) is 9.53 Å². The average Bonchev–Trinajstić information content (AvgIpc) is 2.25. The van der Waals surface area contributed by atoms with Crippen molar-refractivity contribution in [3.63, 3.8) is 0 Å². The van der Waals surface area contributed by atoms with Gasteiger partial charge in [-0.25, -0.2) is 9.78 Å². The Morgan fingerprint density at radius 1 is 1.61 bits per heavy atom. The fraction of sp³-hybridized carbons (Fsp3) is 0.364. The molecule has 7 heteroatoms. The second kappa shape index (κ2) is 6.43. The maximum Gasteiger partial charge on any atom is 0.332 e. The van der Waals surface area contributed by atoms with Crippen molar-refractivity contribution >= 4 is 11.9 Å². The number of aromatic amines is 1. The van der Waals surface area contributed by atoms with Gasteiger partial charge in [-0.05, 0) is 20.8 Å². The molecule has 3 N–H and O–H groups in total. The van der Waals surface area contributed by atoms with Crippen molar-refractivity contribution in [2.45, 2.75) is 20.8 Å². The molecule has 0 saturated heterocycles. The van der Waals surface area contributed by atoms with E-state index in [1.54, 1.807) is 20.8 Å². The third-order valence-corrected chi connectivity index (χ3v) is 1.87. The number of allylic oxidation sites excluding steroid dienone is 1. The van der Waals surface area contributed by atoms with Gasteiger partial charge in [0.15, 0.2) is 0 Å². The van der Waals surface area contributed by atoms with E-state index < -0.39 is 5.97 Å². The molecule has 1 rings (SSSR count). The Morgan fingerprint density at radius 3 is 2.94 bits per heavy atom. The third kappa shape index (κ3) is 4.69. The van der Waals surface area contributed by atoms with Crippen molar-refractivity contribution in [1.82, 2.24) is 15.4 Å². The Hall–Kier alpha value is -2.31. The Morgan fingerprint density at radius 2 is 2.33 bits per heavy atom. The summed E-state index contributed by atoms with van der Waals surface area (Å²) in [5.74, 6) is -0.161. The minimum absolute atomic E-state index is 0.251. The second-order valence-electron chi connectivity index (χ2n) is 3.56. The van der Waals surface area contributed by atoms with Gasteiger partial charge in [-0.1, -0.05) is 0 Å². The lowest BCUT2D eigenvalue weighted by Crippen LogP contribution is -2.24. The lowest BCUT2D eigenvalue weighted by molar-refractivity contribution is -0.137. The van der Waals surface area contributed by atoms with Gasteiger partial charge in [0.1, 0.15) is 0 Å². The summed E-state index contributed by atoms with van der Waals surface area (Å²) in [5.41, 5.74) is 6.28. The average molecular weight is 252 g/mol. The summed E-state index contributed by atoms with van der Waals surface area (Å²) in [5, 5.41) is 0. The molecule has 0 fully saturated rings. The summed E-state index contributed by atoms with van der Waals surface area (Å²) in [6.07, 6.45) is 1.30. The molecular weight excluding hydrogens is 236 g/mol. The van der Waals surface area contributed by atoms with Gasteiger partial charge >= 0.3 is 5.97 Å². The summed E-state index contributed by atoms with van der Waals surface area (Å²) in [4.78, 5) is 28.8. The lowest BCUT2D eigenvalue weighted by Gasteiger charge is -2.08. The van der Waals surface area contributed by atoms with Crippen molar-refractivity contribution in [2.24, 2.45) is 0 Å². The maximum absolute atomic E-state index is 11.2. The van der Waals surface area contributed by atoms with E-state index in [1.165, 1.54) is 12.1 Å². The van der Waals surface area contributed by atoms with Crippen LogP contribution in [0.25, 0.3) is 0 Å². The predicted molar refractivity (Wildman–Crippen MR) is 66.7 cm³/mol. The van der Waals surface area contributed by atoms with Gasteiger partial charge in [-0.2, -0.15) is 0 Å². The molecule has 0 unspecified atom stereocenters. The zero-order valence-corrected chi connectivity index (χ0v) is 10.5. The zero-order chi connectivity index (χ0) is 13.5. The molecule has 1 heterocycles. The van der Waals surface area contributed by atoms with Gasteiger partial charge in [0.25, 0.3) is 5.56 Å². The first kappa shape index (κ1) is 13.8. The Balaban J connectivity index is 2.59. The standard InChI is InChI=1S/C11H16N4O3/c1-4-18-10(17)6-8(3)14-15-11-12-7(2)5-9(16)13-11/h5-6,14H,4H2,1-3H3,(H2,12,13,15,16)/b8-6+. The second-order valence-corrected chi connectivity index (χ2v) is 3.56. The highest BCUT2D eigenvalue weighted by atomic mass is 16.5. The molecule has 0 aromatic carbocycles. The molecule has 7 nitrogen and oxygen atoms in total. The quantitative estimate of drug-likeness (QED) is 0.400. The Kier molecular flexibility index (Phi) is 4.91. The van der Waals surface area contributed by atoms with Gasteiger partial charge in [0, 0.05) is 23.5 Å². The first-order valence-electron chi connectivity index (χ1n) is 5.46. The fourth-order valence-corrected chi connectivity index (χ4v) is 1.19. The van der Waals surface area contributed by atoms with Gasteiger partial charge in [0.05, 0.1) is 6.61 Å². The monoisotopic (exact) mass is 252 g/mol. The number of carbonyl (C=O) groups excluding carboxylic acids is 1. The Labute approximate surface area is 104 Å². The van der Waals surface area contributed by atoms with Crippen LogP contribution in [-0.4, -0.2) is 22.5 Å². The maximum atomic E-state index is 11.2. The molecule has 1 aromatic rings. The number of ether oxygens (including phenoxy) is 1. The van der Waals surface area contributed by atoms with E-state index in [0.29, 0.717) is 18.0 Å². The Bertz CT molecular complexity index is 507. The molecule has 0 radical (unpaired) electrons. The molecule has 0 bridgehead atoms. The molecule has 0 atom stereocenters. The van der Waals surface area contributed by atoms with Crippen molar-refractivity contribution in [3.8, 4) is 0 Å². The molecule has 0 spiro atoms. The van der Waals surface area contributed by atoms with Crippen molar-refractivity contribution < 1.29 is 9.53 Å². The number of carbonyl (C=O) groups is 1. The number of hydrogen-bond acceptors (Lipinski definition) is 6. The number of hydrazine groups is 1. The normalized spacial score (nSPS) is 10.9. The van der Waals surface area contributed by atoms with Crippen LogP contribution in [0.2, 0.25) is 0 Å². The van der Waals surface area contributed by atoms with Crippen LogP contribution in [0.4, 0.5) is 5.95 Å². The number of aromatic nitrogens is 2. The highest BCUT2D eigenvalue weighted by Gasteiger charge is 1.99. The number of nitrogens with one attached hydrogen (secondary N) is 3. The molecule has 1 aromatic heterocycles. The fourth-order valence-electron chi connectivity index (χ4n) is 1.19.